The molecule has 1 aliphatic rings. The summed E-state index contributed by atoms with van der Waals surface area (Å²) in [4.78, 5) is 13.1. The SMILES string of the molecule is CC(C)CN(C[C@@H](O)[C@H](Cc1ccccc1)NC(=O)[C@@H]1CCCCN1)S(=O)(=O)c1ccc(N)cc1. The molecule has 1 amide bonds. The molecule has 0 unspecified atom stereocenters. The minimum absolute atomic E-state index is 0.0411. The highest BCUT2D eigenvalue weighted by Gasteiger charge is 2.32. The Balaban J connectivity index is 1.82. The summed E-state index contributed by atoms with van der Waals surface area (Å²) in [5.74, 6) is -0.124. The Morgan fingerprint density at radius 1 is 1.11 bits per heavy atom. The minimum atomic E-state index is -3.87. The molecular weight excluding hydrogens is 464 g/mol. The van der Waals surface area contributed by atoms with E-state index in [-0.39, 0.29) is 35.9 Å². The Kier molecular flexibility index (Phi) is 9.68. The number of hydrogen-bond donors (Lipinski definition) is 4. The maximum Gasteiger partial charge on any atom is 0.243 e. The third kappa shape index (κ3) is 7.76. The Hall–Kier alpha value is -2.46. The summed E-state index contributed by atoms with van der Waals surface area (Å²) in [6, 6.07) is 14.7. The van der Waals surface area contributed by atoms with Gasteiger partial charge in [0.1, 0.15) is 0 Å². The average Bonchev–Trinajstić information content (AvgIpc) is 2.84. The Morgan fingerprint density at radius 2 is 1.80 bits per heavy atom. The minimum Gasteiger partial charge on any atom is -0.399 e. The molecule has 0 radical (unpaired) electrons. The number of aliphatic hydroxyl groups excluding tert-OH is 1. The predicted octanol–water partition coefficient (Wildman–Crippen LogP) is 2.15. The van der Waals surface area contributed by atoms with Crippen molar-refractivity contribution in [3.63, 3.8) is 0 Å². The zero-order valence-electron chi connectivity index (χ0n) is 20.6. The zero-order chi connectivity index (χ0) is 25.4. The van der Waals surface area contributed by atoms with E-state index in [0.717, 1.165) is 31.4 Å². The number of anilines is 1. The van der Waals surface area contributed by atoms with E-state index >= 15 is 0 Å². The molecule has 0 aromatic heterocycles. The van der Waals surface area contributed by atoms with E-state index in [1.807, 2.05) is 44.2 Å². The first-order valence-electron chi connectivity index (χ1n) is 12.3. The number of hydrogen-bond acceptors (Lipinski definition) is 6. The average molecular weight is 503 g/mol. The number of amides is 1. The van der Waals surface area contributed by atoms with Crippen LogP contribution in [-0.2, 0) is 21.2 Å². The van der Waals surface area contributed by atoms with E-state index < -0.39 is 22.2 Å². The highest BCUT2D eigenvalue weighted by Crippen LogP contribution is 2.20. The van der Waals surface area contributed by atoms with E-state index in [4.69, 9.17) is 5.73 Å². The van der Waals surface area contributed by atoms with Crippen LogP contribution in [0, 0.1) is 5.92 Å². The third-order valence-corrected chi connectivity index (χ3v) is 8.04. The summed E-state index contributed by atoms with van der Waals surface area (Å²) < 4.78 is 28.2. The second kappa shape index (κ2) is 12.5. The fraction of sp³-hybridized carbons (Fsp3) is 0.500. The molecule has 192 valence electrons. The Bertz CT molecular complexity index is 1040. The lowest BCUT2D eigenvalue weighted by atomic mass is 9.99. The number of piperidine rings is 1. The van der Waals surface area contributed by atoms with Gasteiger partial charge in [0, 0.05) is 18.8 Å². The van der Waals surface area contributed by atoms with Crippen LogP contribution in [-0.4, -0.2) is 61.6 Å². The normalized spacial score (nSPS) is 18.4. The van der Waals surface area contributed by atoms with Gasteiger partial charge in [-0.05, 0) is 61.6 Å². The van der Waals surface area contributed by atoms with Gasteiger partial charge >= 0.3 is 0 Å². The molecule has 2 aromatic carbocycles. The van der Waals surface area contributed by atoms with Crippen molar-refractivity contribution in [1.82, 2.24) is 14.9 Å². The van der Waals surface area contributed by atoms with Gasteiger partial charge < -0.3 is 21.5 Å². The number of sulfonamides is 1. The Labute approximate surface area is 209 Å². The van der Waals surface area contributed by atoms with Crippen LogP contribution in [0.2, 0.25) is 0 Å². The smallest absolute Gasteiger partial charge is 0.243 e. The third-order valence-electron chi connectivity index (χ3n) is 6.19. The van der Waals surface area contributed by atoms with Crippen molar-refractivity contribution in [2.75, 3.05) is 25.4 Å². The van der Waals surface area contributed by atoms with Crippen molar-refractivity contribution >= 4 is 21.6 Å². The van der Waals surface area contributed by atoms with Gasteiger partial charge in [-0.15, -0.1) is 0 Å². The number of nitrogens with zero attached hydrogens (tertiary/aromatic N) is 1. The number of aliphatic hydroxyl groups is 1. The van der Waals surface area contributed by atoms with E-state index in [1.54, 1.807) is 12.1 Å². The number of nitrogens with two attached hydrogens (primary N) is 1. The largest absolute Gasteiger partial charge is 0.399 e. The zero-order valence-corrected chi connectivity index (χ0v) is 21.4. The lowest BCUT2D eigenvalue weighted by Gasteiger charge is -2.32. The first-order chi connectivity index (χ1) is 16.7. The van der Waals surface area contributed by atoms with Crippen molar-refractivity contribution < 1.29 is 18.3 Å². The molecule has 1 saturated heterocycles. The molecule has 1 fully saturated rings. The standard InChI is InChI=1S/C26H38N4O4S/c1-19(2)17-30(35(33,34)22-13-11-21(27)12-14-22)18-25(31)24(16-20-8-4-3-5-9-20)29-26(32)23-10-6-7-15-28-23/h3-5,8-9,11-14,19,23-25,28,31H,6-7,10,15-18,27H2,1-2H3,(H,29,32)/t23-,24-,25+/m0/s1. The molecule has 2 aromatic rings. The van der Waals surface area contributed by atoms with Crippen molar-refractivity contribution in [1.29, 1.82) is 0 Å². The molecule has 9 heteroatoms. The van der Waals surface area contributed by atoms with Crippen LogP contribution in [0.5, 0.6) is 0 Å². The number of rotatable bonds is 11. The summed E-state index contributed by atoms with van der Waals surface area (Å²) in [6.45, 7) is 4.73. The molecule has 8 nitrogen and oxygen atoms in total. The number of benzene rings is 2. The predicted molar refractivity (Wildman–Crippen MR) is 138 cm³/mol. The summed E-state index contributed by atoms with van der Waals surface area (Å²) in [5.41, 5.74) is 7.16. The van der Waals surface area contributed by atoms with Gasteiger partial charge in [-0.3, -0.25) is 4.79 Å². The van der Waals surface area contributed by atoms with Crippen molar-refractivity contribution in [2.24, 2.45) is 5.92 Å². The Morgan fingerprint density at radius 3 is 2.40 bits per heavy atom. The quantitative estimate of drug-likeness (QED) is 0.349. The molecule has 3 atom stereocenters. The van der Waals surface area contributed by atoms with Crippen molar-refractivity contribution in [3.05, 3.63) is 60.2 Å². The van der Waals surface area contributed by atoms with Crippen molar-refractivity contribution in [2.45, 2.75) is 62.6 Å². The van der Waals surface area contributed by atoms with Crippen LogP contribution in [0.4, 0.5) is 5.69 Å². The van der Waals surface area contributed by atoms with Gasteiger partial charge in [0.05, 0.1) is 23.1 Å². The molecule has 35 heavy (non-hydrogen) atoms. The number of nitrogens with one attached hydrogen (secondary N) is 2. The highest BCUT2D eigenvalue weighted by atomic mass is 32.2. The van der Waals surface area contributed by atoms with E-state index in [2.05, 4.69) is 10.6 Å². The summed E-state index contributed by atoms with van der Waals surface area (Å²) in [7, 11) is -3.87. The van der Waals surface area contributed by atoms with Gasteiger partial charge in [0.15, 0.2) is 0 Å². The molecule has 0 aliphatic carbocycles. The maximum atomic E-state index is 13.4. The first-order valence-corrected chi connectivity index (χ1v) is 13.7. The van der Waals surface area contributed by atoms with Crippen LogP contribution in [0.3, 0.4) is 0 Å². The van der Waals surface area contributed by atoms with Crippen LogP contribution < -0.4 is 16.4 Å². The highest BCUT2D eigenvalue weighted by molar-refractivity contribution is 7.89. The molecule has 5 N–H and O–H groups in total. The topological polar surface area (TPSA) is 125 Å². The molecular formula is C26H38N4O4S. The summed E-state index contributed by atoms with van der Waals surface area (Å²) >= 11 is 0. The summed E-state index contributed by atoms with van der Waals surface area (Å²) in [6.07, 6.45) is 2.03. The molecule has 0 saturated carbocycles. The maximum absolute atomic E-state index is 13.4. The molecule has 1 heterocycles. The van der Waals surface area contributed by atoms with Gasteiger partial charge in [0.25, 0.3) is 0 Å². The van der Waals surface area contributed by atoms with Crippen LogP contribution in [0.25, 0.3) is 0 Å². The first kappa shape index (κ1) is 27.1. The molecule has 0 bridgehead atoms. The molecule has 1 aliphatic heterocycles. The van der Waals surface area contributed by atoms with Gasteiger partial charge in [-0.1, -0.05) is 50.6 Å². The van der Waals surface area contributed by atoms with E-state index in [0.29, 0.717) is 12.1 Å². The number of carbonyl (C=O) groups is 1. The number of nitrogen functional groups attached to an aromatic ring is 1. The monoisotopic (exact) mass is 502 g/mol. The fourth-order valence-corrected chi connectivity index (χ4v) is 5.93. The lowest BCUT2D eigenvalue weighted by molar-refractivity contribution is -0.125. The molecule has 0 spiro atoms. The summed E-state index contributed by atoms with van der Waals surface area (Å²) in [5, 5.41) is 17.5. The van der Waals surface area contributed by atoms with Crippen LogP contribution >= 0.6 is 0 Å². The van der Waals surface area contributed by atoms with Crippen molar-refractivity contribution in [3.8, 4) is 0 Å². The van der Waals surface area contributed by atoms with Gasteiger partial charge in [0.2, 0.25) is 15.9 Å². The van der Waals surface area contributed by atoms with Gasteiger partial charge in [-0.2, -0.15) is 4.31 Å². The van der Waals surface area contributed by atoms with Gasteiger partial charge in [-0.25, -0.2) is 8.42 Å². The van der Waals surface area contributed by atoms with Crippen LogP contribution in [0.15, 0.2) is 59.5 Å². The van der Waals surface area contributed by atoms with Crippen LogP contribution in [0.1, 0.15) is 38.7 Å². The lowest BCUT2D eigenvalue weighted by Crippen LogP contribution is -2.55. The van der Waals surface area contributed by atoms with E-state index in [9.17, 15) is 18.3 Å². The fourth-order valence-electron chi connectivity index (χ4n) is 4.31. The second-order valence-electron chi connectivity index (χ2n) is 9.66. The number of carbonyl (C=O) groups excluding carboxylic acids is 1. The van der Waals surface area contributed by atoms with E-state index in [1.165, 1.54) is 16.4 Å². The molecule has 3 rings (SSSR count). The second-order valence-corrected chi connectivity index (χ2v) is 11.6.